The Bertz CT molecular complexity index is 670. The van der Waals surface area contributed by atoms with Gasteiger partial charge >= 0.3 is 0 Å². The molecule has 0 saturated heterocycles. The van der Waals surface area contributed by atoms with E-state index in [0.29, 0.717) is 10.4 Å². The summed E-state index contributed by atoms with van der Waals surface area (Å²) in [6.07, 6.45) is 1.65. The van der Waals surface area contributed by atoms with E-state index in [1.165, 1.54) is 12.1 Å². The van der Waals surface area contributed by atoms with Crippen LogP contribution in [0.2, 0.25) is 0 Å². The van der Waals surface area contributed by atoms with Crippen LogP contribution in [0, 0.1) is 17.7 Å². The third-order valence-electron chi connectivity index (χ3n) is 2.66. The molecular formula is C15H14FN3OS. The van der Waals surface area contributed by atoms with E-state index in [-0.39, 0.29) is 18.3 Å². The minimum Gasteiger partial charge on any atom is -0.340 e. The van der Waals surface area contributed by atoms with Crippen molar-refractivity contribution >= 4 is 17.4 Å². The molecule has 1 heterocycles. The Labute approximate surface area is 126 Å². The Kier molecular flexibility index (Phi) is 5.41. The maximum Gasteiger partial charge on any atom is 0.265 e. The third kappa shape index (κ3) is 4.36. The highest BCUT2D eigenvalue weighted by atomic mass is 32.1. The second-order valence-corrected chi connectivity index (χ2v) is 5.04. The number of benzene rings is 1. The van der Waals surface area contributed by atoms with Gasteiger partial charge in [0.05, 0.1) is 12.2 Å². The van der Waals surface area contributed by atoms with Gasteiger partial charge in [-0.05, 0) is 42.2 Å². The van der Waals surface area contributed by atoms with Crippen molar-refractivity contribution in [3.8, 4) is 11.8 Å². The molecule has 0 spiro atoms. The lowest BCUT2D eigenvalue weighted by Crippen LogP contribution is -2.23. The molecule has 0 fully saturated rings. The molecule has 0 radical (unpaired) electrons. The third-order valence-corrected chi connectivity index (χ3v) is 3.43. The number of carbonyl (C=O) groups excluding carboxylic acids is 1. The van der Waals surface area contributed by atoms with E-state index in [0.717, 1.165) is 30.1 Å². The number of hydrogen-bond donors (Lipinski definition) is 1. The predicted molar refractivity (Wildman–Crippen MR) is 79.5 cm³/mol. The van der Waals surface area contributed by atoms with E-state index in [1.54, 1.807) is 12.1 Å². The van der Waals surface area contributed by atoms with Crippen molar-refractivity contribution in [2.75, 3.05) is 6.54 Å². The standard InChI is InChI=1S/C15H14FN3OS/c1-2-4-13-14(21-19-18-13)15(20)17-10-3-5-11-6-8-12(16)9-7-11/h6-9H,2,4,10H2,1H3,(H,17,20). The predicted octanol–water partition coefficient (Wildman–Crippen LogP) is 2.41. The Morgan fingerprint density at radius 2 is 2.14 bits per heavy atom. The second-order valence-electron chi connectivity index (χ2n) is 4.29. The lowest BCUT2D eigenvalue weighted by molar-refractivity contribution is 0.0961. The van der Waals surface area contributed by atoms with Gasteiger partial charge in [-0.15, -0.1) is 5.10 Å². The van der Waals surface area contributed by atoms with Crippen LogP contribution >= 0.6 is 11.5 Å². The maximum atomic E-state index is 12.7. The molecule has 108 valence electrons. The molecule has 1 amide bonds. The first-order chi connectivity index (χ1) is 10.2. The number of nitrogens with one attached hydrogen (secondary N) is 1. The Morgan fingerprint density at radius 3 is 2.86 bits per heavy atom. The van der Waals surface area contributed by atoms with Crippen LogP contribution in [-0.4, -0.2) is 22.0 Å². The largest absolute Gasteiger partial charge is 0.340 e. The van der Waals surface area contributed by atoms with Crippen molar-refractivity contribution in [1.29, 1.82) is 0 Å². The van der Waals surface area contributed by atoms with Crippen molar-refractivity contribution in [3.63, 3.8) is 0 Å². The molecule has 2 rings (SSSR count). The van der Waals surface area contributed by atoms with Crippen LogP contribution in [0.1, 0.15) is 34.3 Å². The van der Waals surface area contributed by atoms with Gasteiger partial charge in [-0.25, -0.2) is 4.39 Å². The molecule has 21 heavy (non-hydrogen) atoms. The average Bonchev–Trinajstić information content (AvgIpc) is 2.94. The van der Waals surface area contributed by atoms with Crippen LogP contribution in [0.5, 0.6) is 0 Å². The number of halogens is 1. The van der Waals surface area contributed by atoms with Crippen LogP contribution in [0.4, 0.5) is 4.39 Å². The van der Waals surface area contributed by atoms with Gasteiger partial charge in [-0.3, -0.25) is 4.79 Å². The molecule has 2 aromatic rings. The zero-order valence-electron chi connectivity index (χ0n) is 11.5. The first-order valence-corrected chi connectivity index (χ1v) is 7.32. The van der Waals surface area contributed by atoms with Gasteiger partial charge in [0.1, 0.15) is 10.7 Å². The molecule has 1 N–H and O–H groups in total. The van der Waals surface area contributed by atoms with Crippen LogP contribution in [0.25, 0.3) is 0 Å². The lowest BCUT2D eigenvalue weighted by atomic mass is 10.2. The fraction of sp³-hybridized carbons (Fsp3) is 0.267. The molecule has 4 nitrogen and oxygen atoms in total. The van der Waals surface area contributed by atoms with Crippen molar-refractivity contribution in [3.05, 3.63) is 46.2 Å². The Hall–Kier alpha value is -2.26. The minimum atomic E-state index is -0.296. The maximum absolute atomic E-state index is 12.7. The second kappa shape index (κ2) is 7.50. The van der Waals surface area contributed by atoms with E-state index < -0.39 is 0 Å². The van der Waals surface area contributed by atoms with Gasteiger partial charge in [0.15, 0.2) is 0 Å². The van der Waals surface area contributed by atoms with E-state index in [2.05, 4.69) is 26.7 Å². The number of aryl methyl sites for hydroxylation is 1. The summed E-state index contributed by atoms with van der Waals surface area (Å²) in [5.41, 5.74) is 1.43. The van der Waals surface area contributed by atoms with Gasteiger partial charge in [0.2, 0.25) is 0 Å². The summed E-state index contributed by atoms with van der Waals surface area (Å²) < 4.78 is 16.5. The highest BCUT2D eigenvalue weighted by molar-refractivity contribution is 7.08. The summed E-state index contributed by atoms with van der Waals surface area (Å²) in [6.45, 7) is 2.24. The minimum absolute atomic E-state index is 0.207. The molecule has 0 unspecified atom stereocenters. The number of carbonyl (C=O) groups is 1. The van der Waals surface area contributed by atoms with Crippen molar-refractivity contribution < 1.29 is 9.18 Å². The zero-order chi connectivity index (χ0) is 15.1. The van der Waals surface area contributed by atoms with E-state index >= 15 is 0 Å². The first kappa shape index (κ1) is 15.1. The van der Waals surface area contributed by atoms with Gasteiger partial charge in [-0.2, -0.15) is 0 Å². The van der Waals surface area contributed by atoms with Crippen LogP contribution in [0.3, 0.4) is 0 Å². The summed E-state index contributed by atoms with van der Waals surface area (Å²) in [5, 5.41) is 6.66. The molecular weight excluding hydrogens is 289 g/mol. The smallest absolute Gasteiger partial charge is 0.265 e. The summed E-state index contributed by atoms with van der Waals surface area (Å²) in [4.78, 5) is 12.5. The number of hydrogen-bond acceptors (Lipinski definition) is 4. The molecule has 0 aliphatic carbocycles. The summed E-state index contributed by atoms with van der Waals surface area (Å²) >= 11 is 1.09. The molecule has 6 heteroatoms. The monoisotopic (exact) mass is 303 g/mol. The highest BCUT2D eigenvalue weighted by Gasteiger charge is 2.14. The molecule has 0 saturated carbocycles. The van der Waals surface area contributed by atoms with Crippen LogP contribution in [-0.2, 0) is 6.42 Å². The quantitative estimate of drug-likeness (QED) is 0.883. The van der Waals surface area contributed by atoms with Gasteiger partial charge in [0.25, 0.3) is 5.91 Å². The number of amides is 1. The molecule has 1 aromatic heterocycles. The SMILES string of the molecule is CCCc1nnsc1C(=O)NCC#Cc1ccc(F)cc1. The van der Waals surface area contributed by atoms with Crippen molar-refractivity contribution in [1.82, 2.24) is 14.9 Å². The Morgan fingerprint density at radius 1 is 1.38 bits per heavy atom. The Balaban J connectivity index is 1.90. The van der Waals surface area contributed by atoms with Gasteiger partial charge in [0, 0.05) is 5.56 Å². The molecule has 0 bridgehead atoms. The van der Waals surface area contributed by atoms with Gasteiger partial charge in [-0.1, -0.05) is 29.7 Å². The van der Waals surface area contributed by atoms with Crippen LogP contribution < -0.4 is 5.32 Å². The molecule has 0 aliphatic rings. The molecule has 0 aliphatic heterocycles. The normalized spacial score (nSPS) is 9.81. The topological polar surface area (TPSA) is 54.9 Å². The number of nitrogens with zero attached hydrogens (tertiary/aromatic N) is 2. The summed E-state index contributed by atoms with van der Waals surface area (Å²) in [6, 6.07) is 5.89. The van der Waals surface area contributed by atoms with Crippen molar-refractivity contribution in [2.45, 2.75) is 19.8 Å². The summed E-state index contributed by atoms with van der Waals surface area (Å²) in [7, 11) is 0. The van der Waals surface area contributed by atoms with Crippen molar-refractivity contribution in [2.24, 2.45) is 0 Å². The first-order valence-electron chi connectivity index (χ1n) is 6.54. The van der Waals surface area contributed by atoms with E-state index in [9.17, 15) is 9.18 Å². The molecule has 0 atom stereocenters. The van der Waals surface area contributed by atoms with Crippen LogP contribution in [0.15, 0.2) is 24.3 Å². The van der Waals surface area contributed by atoms with Gasteiger partial charge < -0.3 is 5.32 Å². The zero-order valence-corrected chi connectivity index (χ0v) is 12.3. The molecule has 1 aromatic carbocycles. The fourth-order valence-corrected chi connectivity index (χ4v) is 2.29. The number of rotatable bonds is 4. The van der Waals surface area contributed by atoms with E-state index in [4.69, 9.17) is 0 Å². The summed E-state index contributed by atoms with van der Waals surface area (Å²) in [5.74, 6) is 5.18. The number of aromatic nitrogens is 2. The average molecular weight is 303 g/mol. The lowest BCUT2D eigenvalue weighted by Gasteiger charge is -1.99. The van der Waals surface area contributed by atoms with E-state index in [1.807, 2.05) is 6.92 Å². The fourth-order valence-electron chi connectivity index (χ4n) is 1.67. The highest BCUT2D eigenvalue weighted by Crippen LogP contribution is 2.11.